The summed E-state index contributed by atoms with van der Waals surface area (Å²) in [5, 5.41) is 1.20. The van der Waals surface area contributed by atoms with Crippen molar-refractivity contribution in [1.82, 2.24) is 9.97 Å². The van der Waals surface area contributed by atoms with Crippen LogP contribution in [0.2, 0.25) is 0 Å². The summed E-state index contributed by atoms with van der Waals surface area (Å²) in [6, 6.07) is 20.7. The number of fused-ring (bicyclic) bond motifs is 1. The second kappa shape index (κ2) is 8.93. The van der Waals surface area contributed by atoms with E-state index in [0.717, 1.165) is 53.0 Å². The lowest BCUT2D eigenvalue weighted by atomic mass is 10.0. The van der Waals surface area contributed by atoms with Gasteiger partial charge >= 0.3 is 0 Å². The summed E-state index contributed by atoms with van der Waals surface area (Å²) < 4.78 is 6.06. The van der Waals surface area contributed by atoms with E-state index < -0.39 is 0 Å². The first-order valence-corrected chi connectivity index (χ1v) is 10.2. The molecule has 0 atom stereocenters. The Hall–Kier alpha value is -3.11. The monoisotopic (exact) mass is 385 g/mol. The van der Waals surface area contributed by atoms with Crippen molar-refractivity contribution >= 4 is 10.9 Å². The maximum absolute atomic E-state index is 6.06. The van der Waals surface area contributed by atoms with Gasteiger partial charge in [-0.2, -0.15) is 0 Å². The molecule has 4 heteroatoms. The van der Waals surface area contributed by atoms with Gasteiger partial charge in [0.2, 0.25) is 0 Å². The number of nitrogens with one attached hydrogen (secondary N) is 1. The zero-order valence-electron chi connectivity index (χ0n) is 16.8. The van der Waals surface area contributed by atoms with E-state index >= 15 is 0 Å². The van der Waals surface area contributed by atoms with Crippen LogP contribution in [0.1, 0.15) is 29.5 Å². The third-order valence-corrected chi connectivity index (χ3v) is 5.17. The van der Waals surface area contributed by atoms with Crippen molar-refractivity contribution in [2.45, 2.75) is 32.8 Å². The molecule has 0 spiro atoms. The summed E-state index contributed by atoms with van der Waals surface area (Å²) in [4.78, 5) is 8.22. The van der Waals surface area contributed by atoms with E-state index in [9.17, 15) is 0 Å². The minimum absolute atomic E-state index is 0.561. The zero-order chi connectivity index (χ0) is 20.1. The fourth-order valence-electron chi connectivity index (χ4n) is 3.60. The lowest BCUT2D eigenvalue weighted by Gasteiger charge is -2.08. The molecule has 0 radical (unpaired) electrons. The highest BCUT2D eigenvalue weighted by Gasteiger charge is 2.15. The first kappa shape index (κ1) is 19.2. The number of hydrogen-bond acceptors (Lipinski definition) is 3. The molecular formula is C25H27N3O. The first-order valence-electron chi connectivity index (χ1n) is 10.2. The highest BCUT2D eigenvalue weighted by atomic mass is 16.5. The number of benzene rings is 2. The molecule has 0 saturated carbocycles. The molecule has 0 aliphatic carbocycles. The Morgan fingerprint density at radius 2 is 1.86 bits per heavy atom. The smallest absolute Gasteiger partial charge is 0.120 e. The van der Waals surface area contributed by atoms with Gasteiger partial charge in [0.25, 0.3) is 0 Å². The molecule has 4 rings (SSSR count). The number of ether oxygens (including phenoxy) is 1. The summed E-state index contributed by atoms with van der Waals surface area (Å²) in [5.41, 5.74) is 12.5. The standard InChI is InChI=1S/C25H27N3O/c1-18-10-12-24(27-16-18)25-21(9-5-6-14-26)22-15-20(11-13-23(22)28-25)29-17-19-7-3-2-4-8-19/h2-4,7-8,10-13,15-16,28H,5-6,9,14,17,26H2,1H3. The van der Waals surface area contributed by atoms with E-state index in [1.165, 1.54) is 10.9 Å². The van der Waals surface area contributed by atoms with Gasteiger partial charge in [-0.1, -0.05) is 36.4 Å². The van der Waals surface area contributed by atoms with E-state index in [4.69, 9.17) is 10.5 Å². The Morgan fingerprint density at radius 3 is 2.62 bits per heavy atom. The minimum atomic E-state index is 0.561. The van der Waals surface area contributed by atoms with Gasteiger partial charge in [0.15, 0.2) is 0 Å². The van der Waals surface area contributed by atoms with E-state index in [-0.39, 0.29) is 0 Å². The van der Waals surface area contributed by atoms with E-state index in [2.05, 4.69) is 53.3 Å². The van der Waals surface area contributed by atoms with Crippen molar-refractivity contribution in [1.29, 1.82) is 0 Å². The van der Waals surface area contributed by atoms with Crippen LogP contribution in [0.25, 0.3) is 22.3 Å². The minimum Gasteiger partial charge on any atom is -0.489 e. The van der Waals surface area contributed by atoms with Gasteiger partial charge < -0.3 is 15.5 Å². The third kappa shape index (κ3) is 4.49. The van der Waals surface area contributed by atoms with Gasteiger partial charge in [-0.25, -0.2) is 0 Å². The molecule has 0 amide bonds. The van der Waals surface area contributed by atoms with Crippen LogP contribution in [-0.4, -0.2) is 16.5 Å². The number of aromatic nitrogens is 2. The number of aryl methyl sites for hydroxylation is 2. The fraction of sp³-hybridized carbons (Fsp3) is 0.240. The molecule has 2 aromatic carbocycles. The van der Waals surface area contributed by atoms with Crippen LogP contribution in [0, 0.1) is 6.92 Å². The maximum Gasteiger partial charge on any atom is 0.120 e. The Kier molecular flexibility index (Phi) is 5.92. The molecule has 0 bridgehead atoms. The van der Waals surface area contributed by atoms with Gasteiger partial charge in [0.1, 0.15) is 12.4 Å². The predicted octanol–water partition coefficient (Wildman–Crippen LogP) is 5.40. The van der Waals surface area contributed by atoms with Crippen molar-refractivity contribution in [3.05, 3.63) is 83.6 Å². The Bertz CT molecular complexity index is 1070. The number of H-pyrrole nitrogens is 1. The number of rotatable bonds is 8. The first-order chi connectivity index (χ1) is 14.2. The number of aromatic amines is 1. The van der Waals surface area contributed by atoms with Crippen LogP contribution in [0.15, 0.2) is 66.9 Å². The quantitative estimate of drug-likeness (QED) is 0.399. The summed E-state index contributed by atoms with van der Waals surface area (Å²) in [6.45, 7) is 3.33. The van der Waals surface area contributed by atoms with E-state index in [1.54, 1.807) is 0 Å². The average Bonchev–Trinajstić information content (AvgIpc) is 3.11. The van der Waals surface area contributed by atoms with Crippen molar-refractivity contribution in [3.8, 4) is 17.1 Å². The van der Waals surface area contributed by atoms with E-state index in [0.29, 0.717) is 13.2 Å². The Labute approximate surface area is 171 Å². The molecule has 4 aromatic rings. The molecule has 0 aliphatic heterocycles. The normalized spacial score (nSPS) is 11.1. The summed E-state index contributed by atoms with van der Waals surface area (Å²) in [7, 11) is 0. The average molecular weight is 386 g/mol. The maximum atomic E-state index is 6.06. The van der Waals surface area contributed by atoms with Crippen LogP contribution >= 0.6 is 0 Å². The van der Waals surface area contributed by atoms with Gasteiger partial charge in [0.05, 0.1) is 11.4 Å². The highest BCUT2D eigenvalue weighted by molar-refractivity contribution is 5.91. The molecule has 0 saturated heterocycles. The number of nitrogens with zero attached hydrogens (tertiary/aromatic N) is 1. The topological polar surface area (TPSA) is 63.9 Å². The van der Waals surface area contributed by atoms with Crippen molar-refractivity contribution in [2.24, 2.45) is 5.73 Å². The van der Waals surface area contributed by atoms with Crippen molar-refractivity contribution in [3.63, 3.8) is 0 Å². The molecule has 0 fully saturated rings. The van der Waals surface area contributed by atoms with Crippen LogP contribution < -0.4 is 10.5 Å². The zero-order valence-corrected chi connectivity index (χ0v) is 16.8. The van der Waals surface area contributed by atoms with Crippen LogP contribution in [0.4, 0.5) is 0 Å². The van der Waals surface area contributed by atoms with Gasteiger partial charge in [-0.3, -0.25) is 4.98 Å². The third-order valence-electron chi connectivity index (χ3n) is 5.17. The number of nitrogens with two attached hydrogens (primary N) is 1. The lowest BCUT2D eigenvalue weighted by Crippen LogP contribution is -1.99. The summed E-state index contributed by atoms with van der Waals surface area (Å²) in [5.74, 6) is 0.879. The molecule has 0 aliphatic rings. The highest BCUT2D eigenvalue weighted by Crippen LogP contribution is 2.33. The Balaban J connectivity index is 1.67. The second-order valence-corrected chi connectivity index (χ2v) is 7.43. The number of pyridine rings is 1. The lowest BCUT2D eigenvalue weighted by molar-refractivity contribution is 0.306. The summed E-state index contributed by atoms with van der Waals surface area (Å²) in [6.07, 6.45) is 4.94. The van der Waals surface area contributed by atoms with Gasteiger partial charge in [-0.15, -0.1) is 0 Å². The molecule has 3 N–H and O–H groups in total. The molecular weight excluding hydrogens is 358 g/mol. The predicted molar refractivity (Wildman–Crippen MR) is 119 cm³/mol. The van der Waals surface area contributed by atoms with Crippen LogP contribution in [0.3, 0.4) is 0 Å². The van der Waals surface area contributed by atoms with E-state index in [1.807, 2.05) is 30.5 Å². The molecule has 2 aromatic heterocycles. The largest absolute Gasteiger partial charge is 0.489 e. The molecule has 2 heterocycles. The second-order valence-electron chi connectivity index (χ2n) is 7.43. The molecule has 4 nitrogen and oxygen atoms in total. The van der Waals surface area contributed by atoms with Gasteiger partial charge in [0, 0.05) is 17.1 Å². The Morgan fingerprint density at radius 1 is 1.00 bits per heavy atom. The van der Waals surface area contributed by atoms with Crippen LogP contribution in [-0.2, 0) is 13.0 Å². The fourth-order valence-corrected chi connectivity index (χ4v) is 3.60. The molecule has 148 valence electrons. The van der Waals surface area contributed by atoms with Crippen molar-refractivity contribution < 1.29 is 4.74 Å². The molecule has 0 unspecified atom stereocenters. The van der Waals surface area contributed by atoms with Gasteiger partial charge in [-0.05, 0) is 73.7 Å². The number of unbranched alkanes of at least 4 members (excludes halogenated alkanes) is 1. The number of hydrogen-bond donors (Lipinski definition) is 2. The summed E-state index contributed by atoms with van der Waals surface area (Å²) >= 11 is 0. The SMILES string of the molecule is Cc1ccc(-c2[nH]c3ccc(OCc4ccccc4)cc3c2CCCCN)nc1. The molecule has 29 heavy (non-hydrogen) atoms. The van der Waals surface area contributed by atoms with Crippen LogP contribution in [0.5, 0.6) is 5.75 Å². The van der Waals surface area contributed by atoms with Crippen molar-refractivity contribution in [2.75, 3.05) is 6.54 Å².